The van der Waals surface area contributed by atoms with Gasteiger partial charge in [-0.15, -0.1) is 0 Å². The highest BCUT2D eigenvalue weighted by Gasteiger charge is 2.50. The lowest BCUT2D eigenvalue weighted by Crippen LogP contribution is -2.67. The van der Waals surface area contributed by atoms with Gasteiger partial charge in [0.15, 0.2) is 12.1 Å². The summed E-state index contributed by atoms with van der Waals surface area (Å²) in [7, 11) is 0. The van der Waals surface area contributed by atoms with Crippen molar-refractivity contribution in [2.24, 2.45) is 0 Å². The Balaban J connectivity index is 1.35. The topological polar surface area (TPSA) is 103 Å². The van der Waals surface area contributed by atoms with Gasteiger partial charge in [0.2, 0.25) is 12.2 Å². The maximum atomic E-state index is 12.6. The summed E-state index contributed by atoms with van der Waals surface area (Å²) in [6.45, 7) is 1.53. The number of nitrogens with one attached hydrogen (secondary N) is 1. The molecule has 2 aliphatic rings. The van der Waals surface area contributed by atoms with Crippen LogP contribution in [0.15, 0.2) is 91.0 Å². The fourth-order valence-electron chi connectivity index (χ4n) is 4.58. The Hall–Kier alpha value is -3.82. The minimum absolute atomic E-state index is 0.145. The second kappa shape index (κ2) is 11.7. The van der Waals surface area contributed by atoms with E-state index in [-0.39, 0.29) is 18.3 Å². The van der Waals surface area contributed by atoms with Crippen LogP contribution in [-0.2, 0) is 19.0 Å². The Kier molecular flexibility index (Phi) is 7.95. The van der Waals surface area contributed by atoms with Crippen molar-refractivity contribution in [3.63, 3.8) is 0 Å². The Bertz CT molecular complexity index is 1280. The number of fused-ring (bicyclic) bond motifs is 1. The number of aliphatic hydroxyl groups excluding tert-OH is 1. The van der Waals surface area contributed by atoms with Gasteiger partial charge in [0, 0.05) is 23.6 Å². The summed E-state index contributed by atoms with van der Waals surface area (Å²) in [6, 6.07) is 24.6. The molecule has 3 aromatic rings. The van der Waals surface area contributed by atoms with Gasteiger partial charge in [-0.3, -0.25) is 9.59 Å². The molecule has 1 amide bonds. The fraction of sp³-hybridized carbons (Fsp3) is 0.267. The van der Waals surface area contributed by atoms with Crippen molar-refractivity contribution in [2.75, 3.05) is 6.61 Å². The number of ketones is 1. The van der Waals surface area contributed by atoms with Crippen molar-refractivity contribution in [3.05, 3.63) is 108 Å². The maximum Gasteiger partial charge on any atom is 0.223 e. The van der Waals surface area contributed by atoms with E-state index in [4.69, 9.17) is 18.9 Å². The van der Waals surface area contributed by atoms with Crippen LogP contribution in [0.3, 0.4) is 0 Å². The van der Waals surface area contributed by atoms with E-state index in [0.29, 0.717) is 16.9 Å². The molecule has 2 saturated heterocycles. The second-order valence-electron chi connectivity index (χ2n) is 9.16. The molecule has 8 nitrogen and oxygen atoms in total. The average molecular weight is 516 g/mol. The smallest absolute Gasteiger partial charge is 0.223 e. The zero-order chi connectivity index (χ0) is 26.5. The molecule has 8 heteroatoms. The minimum atomic E-state index is -1.12. The molecule has 0 bridgehead atoms. The minimum Gasteiger partial charge on any atom is -0.462 e. The lowest BCUT2D eigenvalue weighted by atomic mass is 9.95. The van der Waals surface area contributed by atoms with Crippen LogP contribution < -0.4 is 10.1 Å². The molecule has 0 spiro atoms. The van der Waals surface area contributed by atoms with Gasteiger partial charge in [-0.1, -0.05) is 78.9 Å². The fourth-order valence-corrected chi connectivity index (χ4v) is 4.58. The molecule has 1 unspecified atom stereocenters. The van der Waals surface area contributed by atoms with E-state index in [2.05, 4.69) is 5.32 Å². The number of hydrogen-bond donors (Lipinski definition) is 2. The molecule has 0 aliphatic carbocycles. The molecular weight excluding hydrogens is 486 g/mol. The zero-order valence-electron chi connectivity index (χ0n) is 20.8. The molecule has 2 heterocycles. The number of carbonyl (C=O) groups is 2. The van der Waals surface area contributed by atoms with E-state index in [9.17, 15) is 14.7 Å². The first-order chi connectivity index (χ1) is 18.5. The van der Waals surface area contributed by atoms with Crippen LogP contribution in [0.25, 0.3) is 6.08 Å². The highest BCUT2D eigenvalue weighted by Crippen LogP contribution is 2.35. The maximum absolute atomic E-state index is 12.6. The van der Waals surface area contributed by atoms with Crippen LogP contribution >= 0.6 is 0 Å². The van der Waals surface area contributed by atoms with Gasteiger partial charge in [0.05, 0.1) is 6.61 Å². The predicted octanol–water partition coefficient (Wildman–Crippen LogP) is 3.67. The molecule has 2 N–H and O–H groups in total. The average Bonchev–Trinajstić information content (AvgIpc) is 2.95. The van der Waals surface area contributed by atoms with E-state index in [1.165, 1.54) is 13.0 Å². The third kappa shape index (κ3) is 5.84. The molecule has 6 atom stereocenters. The Morgan fingerprint density at radius 3 is 2.37 bits per heavy atom. The van der Waals surface area contributed by atoms with Gasteiger partial charge in [-0.25, -0.2) is 0 Å². The summed E-state index contributed by atoms with van der Waals surface area (Å²) in [5, 5.41) is 14.0. The lowest BCUT2D eigenvalue weighted by molar-refractivity contribution is -0.333. The molecule has 0 radical (unpaired) electrons. The Morgan fingerprint density at radius 2 is 1.63 bits per heavy atom. The van der Waals surface area contributed by atoms with Gasteiger partial charge in [-0.2, -0.15) is 0 Å². The number of ether oxygens (including phenoxy) is 4. The summed E-state index contributed by atoms with van der Waals surface area (Å²) in [6.07, 6.45) is -1.06. The summed E-state index contributed by atoms with van der Waals surface area (Å²) in [4.78, 5) is 24.6. The summed E-state index contributed by atoms with van der Waals surface area (Å²) >= 11 is 0. The highest BCUT2D eigenvalue weighted by molar-refractivity contribution is 6.06. The van der Waals surface area contributed by atoms with E-state index in [1.54, 1.807) is 48.5 Å². The molecule has 196 valence electrons. The summed E-state index contributed by atoms with van der Waals surface area (Å²) in [5.74, 6) is -0.0680. The molecule has 3 aromatic carbocycles. The van der Waals surface area contributed by atoms with Crippen molar-refractivity contribution >= 4 is 17.8 Å². The van der Waals surface area contributed by atoms with Gasteiger partial charge in [0.25, 0.3) is 0 Å². The largest absolute Gasteiger partial charge is 0.462 e. The third-order valence-electron chi connectivity index (χ3n) is 6.44. The first-order valence-electron chi connectivity index (χ1n) is 12.5. The highest BCUT2D eigenvalue weighted by atomic mass is 16.7. The number of para-hydroxylation sites is 1. The number of carbonyl (C=O) groups excluding carboxylic acids is 2. The molecule has 2 aliphatic heterocycles. The van der Waals surface area contributed by atoms with Crippen LogP contribution in [0.5, 0.6) is 5.75 Å². The van der Waals surface area contributed by atoms with Crippen LogP contribution in [0.1, 0.15) is 34.7 Å². The quantitative estimate of drug-likeness (QED) is 0.366. The number of allylic oxidation sites excluding steroid dienone is 1. The lowest BCUT2D eigenvalue weighted by Gasteiger charge is -2.47. The van der Waals surface area contributed by atoms with Gasteiger partial charge in [0.1, 0.15) is 30.1 Å². The first kappa shape index (κ1) is 25.8. The van der Waals surface area contributed by atoms with Gasteiger partial charge in [-0.05, 0) is 18.2 Å². The molecule has 2 fully saturated rings. The zero-order valence-corrected chi connectivity index (χ0v) is 20.8. The number of amides is 1. The first-order valence-corrected chi connectivity index (χ1v) is 12.5. The van der Waals surface area contributed by atoms with Gasteiger partial charge >= 0.3 is 0 Å². The number of benzene rings is 3. The van der Waals surface area contributed by atoms with Crippen molar-refractivity contribution in [1.82, 2.24) is 5.32 Å². The Labute approximate surface area is 220 Å². The normalized spacial score (nSPS) is 26.9. The van der Waals surface area contributed by atoms with E-state index in [0.717, 1.165) is 5.56 Å². The van der Waals surface area contributed by atoms with Crippen molar-refractivity contribution < 1.29 is 33.6 Å². The van der Waals surface area contributed by atoms with Crippen LogP contribution in [0.2, 0.25) is 0 Å². The molecule has 0 saturated carbocycles. The van der Waals surface area contributed by atoms with Crippen LogP contribution in [-0.4, -0.2) is 54.0 Å². The number of aliphatic hydroxyl groups is 1. The van der Waals surface area contributed by atoms with E-state index < -0.39 is 36.9 Å². The third-order valence-corrected chi connectivity index (χ3v) is 6.44. The standard InChI is InChI=1S/C30H29NO7/c1-19(32)31-26-27(34)28-25(18-35-29(38-28)22-13-6-3-7-14-22)37-30(26)36-24-15-9-8-12-21(24)16-17-23(33)20-10-4-2-5-11-20/h2-17,25-30,34H,18H2,1H3,(H,31,32)/b17-16+/t25-,26-,27-,28-,29?,30-/m1/s1. The Morgan fingerprint density at radius 1 is 0.947 bits per heavy atom. The van der Waals surface area contributed by atoms with Crippen molar-refractivity contribution in [2.45, 2.75) is 43.9 Å². The van der Waals surface area contributed by atoms with E-state index >= 15 is 0 Å². The molecule has 0 aromatic heterocycles. The van der Waals surface area contributed by atoms with E-state index in [1.807, 2.05) is 42.5 Å². The predicted molar refractivity (Wildman–Crippen MR) is 139 cm³/mol. The van der Waals surface area contributed by atoms with Crippen LogP contribution in [0, 0.1) is 0 Å². The SMILES string of the molecule is CC(=O)N[C@H]1[C@H](Oc2ccccc2/C=C/C(=O)c2ccccc2)O[C@@H]2COC(c3ccccc3)O[C@H]2[C@@H]1O. The monoisotopic (exact) mass is 515 g/mol. The number of hydrogen-bond acceptors (Lipinski definition) is 7. The van der Waals surface area contributed by atoms with Gasteiger partial charge < -0.3 is 29.4 Å². The molecule has 38 heavy (non-hydrogen) atoms. The summed E-state index contributed by atoms with van der Waals surface area (Å²) in [5.41, 5.74) is 2.03. The second-order valence-corrected chi connectivity index (χ2v) is 9.16. The number of rotatable bonds is 7. The summed E-state index contributed by atoms with van der Waals surface area (Å²) < 4.78 is 24.3. The van der Waals surface area contributed by atoms with Crippen molar-refractivity contribution in [3.8, 4) is 5.75 Å². The molecule has 5 rings (SSSR count). The van der Waals surface area contributed by atoms with Crippen LogP contribution in [0.4, 0.5) is 0 Å². The molecular formula is C30H29NO7. The van der Waals surface area contributed by atoms with Crippen molar-refractivity contribution in [1.29, 1.82) is 0 Å².